The Balaban J connectivity index is 4.39. The molecule has 63 heavy (non-hydrogen) atoms. The van der Waals surface area contributed by atoms with E-state index in [1.165, 1.54) is 103 Å². The van der Waals surface area contributed by atoms with E-state index in [2.05, 4.69) is 106 Å². The summed E-state index contributed by atoms with van der Waals surface area (Å²) in [5, 5.41) is 0. The average molecular weight is 877 g/mol. The Morgan fingerprint density at radius 3 is 1.02 bits per heavy atom. The molecule has 1 atom stereocenters. The number of ether oxygens (including phenoxy) is 3. The van der Waals surface area contributed by atoms with Crippen molar-refractivity contribution in [3.8, 4) is 0 Å². The van der Waals surface area contributed by atoms with Gasteiger partial charge in [-0.05, 0) is 83.5 Å². The van der Waals surface area contributed by atoms with Crippen LogP contribution in [0.2, 0.25) is 0 Å². The van der Waals surface area contributed by atoms with Gasteiger partial charge >= 0.3 is 17.9 Å². The zero-order valence-corrected chi connectivity index (χ0v) is 41.1. The summed E-state index contributed by atoms with van der Waals surface area (Å²) < 4.78 is 16.7. The maximum atomic E-state index is 12.8. The van der Waals surface area contributed by atoms with E-state index in [4.69, 9.17) is 14.2 Å². The molecule has 0 aliphatic heterocycles. The molecule has 1 unspecified atom stereocenters. The van der Waals surface area contributed by atoms with Crippen molar-refractivity contribution in [3.63, 3.8) is 0 Å². The molecule has 0 aromatic rings. The lowest BCUT2D eigenvalue weighted by molar-refractivity contribution is -0.167. The van der Waals surface area contributed by atoms with E-state index in [1.54, 1.807) is 0 Å². The molecular formula is C57H96O6. The number of carbonyl (C=O) groups excluding carboxylic acids is 3. The average Bonchev–Trinajstić information content (AvgIpc) is 3.28. The lowest BCUT2D eigenvalue weighted by Gasteiger charge is -2.18. The molecule has 0 rings (SSSR count). The largest absolute Gasteiger partial charge is 0.462 e. The quantitative estimate of drug-likeness (QED) is 0.0262. The normalized spacial score (nSPS) is 12.7. The highest BCUT2D eigenvalue weighted by atomic mass is 16.6. The number of allylic oxidation sites excluding steroid dienone is 14. The van der Waals surface area contributed by atoms with Gasteiger partial charge in [-0.15, -0.1) is 0 Å². The van der Waals surface area contributed by atoms with Gasteiger partial charge in [0.25, 0.3) is 0 Å². The summed E-state index contributed by atoms with van der Waals surface area (Å²) in [6.45, 7) is 6.33. The molecule has 0 amide bonds. The standard InChI is InChI=1S/C57H96O6/c1-4-7-10-13-16-19-21-23-25-27-28-30-31-33-35-38-41-44-47-50-56(59)62-53-54(52-61-55(58)49-46-43-40-37-18-15-12-9-6-3)63-57(60)51-48-45-42-39-36-34-32-29-26-24-22-20-17-14-11-8-5-2/h8-9,11-12,17-18,20,24,26,32,34,37,39,42,54H,4-7,10,13-16,19,21-23,25,27-31,33,35-36,38,40-41,43-53H2,1-3H3/b11-8-,12-9-,20-17-,26-24-,34-32-,37-18-,42-39-. The molecule has 0 heterocycles. The van der Waals surface area contributed by atoms with E-state index in [9.17, 15) is 14.4 Å². The molecule has 0 radical (unpaired) electrons. The predicted molar refractivity (Wildman–Crippen MR) is 270 cm³/mol. The zero-order valence-electron chi connectivity index (χ0n) is 41.1. The summed E-state index contributed by atoms with van der Waals surface area (Å²) in [7, 11) is 0. The van der Waals surface area contributed by atoms with Crippen LogP contribution in [-0.2, 0) is 28.6 Å². The van der Waals surface area contributed by atoms with Crippen molar-refractivity contribution in [1.82, 2.24) is 0 Å². The van der Waals surface area contributed by atoms with Crippen LogP contribution in [0.15, 0.2) is 85.1 Å². The second kappa shape index (κ2) is 51.2. The fourth-order valence-corrected chi connectivity index (χ4v) is 7.04. The van der Waals surface area contributed by atoms with Crippen LogP contribution in [0.5, 0.6) is 0 Å². The van der Waals surface area contributed by atoms with Crippen LogP contribution in [0.25, 0.3) is 0 Å². The minimum absolute atomic E-state index is 0.108. The second-order valence-electron chi connectivity index (χ2n) is 17.0. The molecule has 0 fully saturated rings. The Labute approximate surface area is 388 Å². The van der Waals surface area contributed by atoms with E-state index in [0.29, 0.717) is 19.3 Å². The van der Waals surface area contributed by atoms with Crippen LogP contribution in [0.4, 0.5) is 0 Å². The Kier molecular flexibility index (Phi) is 48.5. The molecule has 0 bridgehead atoms. The molecule has 360 valence electrons. The van der Waals surface area contributed by atoms with E-state index in [0.717, 1.165) is 89.9 Å². The summed E-state index contributed by atoms with van der Waals surface area (Å²) in [4.78, 5) is 37.9. The minimum Gasteiger partial charge on any atom is -0.462 e. The minimum atomic E-state index is -0.816. The highest BCUT2D eigenvalue weighted by Crippen LogP contribution is 2.15. The molecule has 0 aliphatic rings. The Bertz CT molecular complexity index is 1240. The first-order valence-corrected chi connectivity index (χ1v) is 26.1. The SMILES string of the molecule is CC/C=C\C/C=C\C/C=C\C/C=C\C/C=C\CCCC(=O)OC(COC(=O)CCCC/C=C\C/C=C\CC)COC(=O)CCCCCCCCCCCCCCCCCCCCC. The molecule has 0 saturated heterocycles. The lowest BCUT2D eigenvalue weighted by Crippen LogP contribution is -2.30. The second-order valence-corrected chi connectivity index (χ2v) is 17.0. The van der Waals surface area contributed by atoms with Gasteiger partial charge < -0.3 is 14.2 Å². The lowest BCUT2D eigenvalue weighted by atomic mass is 10.0. The van der Waals surface area contributed by atoms with Gasteiger partial charge in [0.05, 0.1) is 0 Å². The molecule has 6 heteroatoms. The van der Waals surface area contributed by atoms with Crippen LogP contribution in [0, 0.1) is 0 Å². The number of hydrogen-bond acceptors (Lipinski definition) is 6. The Morgan fingerprint density at radius 2 is 0.635 bits per heavy atom. The van der Waals surface area contributed by atoms with E-state index < -0.39 is 6.10 Å². The van der Waals surface area contributed by atoms with Gasteiger partial charge in [-0.3, -0.25) is 14.4 Å². The smallest absolute Gasteiger partial charge is 0.306 e. The van der Waals surface area contributed by atoms with Crippen molar-refractivity contribution in [2.45, 2.75) is 245 Å². The van der Waals surface area contributed by atoms with Gasteiger partial charge in [0.15, 0.2) is 6.10 Å². The third-order valence-corrected chi connectivity index (χ3v) is 10.9. The van der Waals surface area contributed by atoms with Gasteiger partial charge in [0.1, 0.15) is 13.2 Å². The molecule has 0 spiro atoms. The summed E-state index contributed by atoms with van der Waals surface area (Å²) >= 11 is 0. The number of esters is 3. The van der Waals surface area contributed by atoms with Crippen molar-refractivity contribution in [1.29, 1.82) is 0 Å². The Morgan fingerprint density at radius 1 is 0.333 bits per heavy atom. The highest BCUT2D eigenvalue weighted by Gasteiger charge is 2.19. The first-order chi connectivity index (χ1) is 31.0. The first kappa shape index (κ1) is 59.6. The fraction of sp³-hybridized carbons (Fsp3) is 0.702. The summed E-state index contributed by atoms with van der Waals surface area (Å²) in [6.07, 6.45) is 66.0. The van der Waals surface area contributed by atoms with Crippen LogP contribution in [0.1, 0.15) is 239 Å². The maximum Gasteiger partial charge on any atom is 0.306 e. The maximum absolute atomic E-state index is 12.8. The van der Waals surface area contributed by atoms with Crippen molar-refractivity contribution < 1.29 is 28.6 Å². The van der Waals surface area contributed by atoms with Crippen molar-refractivity contribution in [2.75, 3.05) is 13.2 Å². The van der Waals surface area contributed by atoms with Crippen LogP contribution < -0.4 is 0 Å². The predicted octanol–water partition coefficient (Wildman–Crippen LogP) is 17.2. The molecule has 6 nitrogen and oxygen atoms in total. The van der Waals surface area contributed by atoms with Crippen molar-refractivity contribution in [3.05, 3.63) is 85.1 Å². The number of carbonyl (C=O) groups is 3. The zero-order chi connectivity index (χ0) is 45.8. The fourth-order valence-electron chi connectivity index (χ4n) is 7.04. The third-order valence-electron chi connectivity index (χ3n) is 10.9. The molecule has 0 aliphatic carbocycles. The van der Waals surface area contributed by atoms with Gasteiger partial charge in [0.2, 0.25) is 0 Å². The van der Waals surface area contributed by atoms with Gasteiger partial charge in [-0.25, -0.2) is 0 Å². The van der Waals surface area contributed by atoms with Crippen molar-refractivity contribution >= 4 is 17.9 Å². The van der Waals surface area contributed by atoms with E-state index in [-0.39, 0.29) is 37.5 Å². The monoisotopic (exact) mass is 877 g/mol. The number of unbranched alkanes of at least 4 members (excludes halogenated alkanes) is 21. The number of rotatable bonds is 46. The molecule has 0 aromatic carbocycles. The van der Waals surface area contributed by atoms with Crippen LogP contribution >= 0.6 is 0 Å². The van der Waals surface area contributed by atoms with Gasteiger partial charge in [0, 0.05) is 19.3 Å². The van der Waals surface area contributed by atoms with Crippen LogP contribution in [0.3, 0.4) is 0 Å². The molecule has 0 aromatic heterocycles. The Hall–Kier alpha value is -3.41. The van der Waals surface area contributed by atoms with Gasteiger partial charge in [-0.2, -0.15) is 0 Å². The molecule has 0 saturated carbocycles. The first-order valence-electron chi connectivity index (χ1n) is 26.1. The van der Waals surface area contributed by atoms with E-state index >= 15 is 0 Å². The summed E-state index contributed by atoms with van der Waals surface area (Å²) in [5.41, 5.74) is 0. The third kappa shape index (κ3) is 49.5. The van der Waals surface area contributed by atoms with Crippen molar-refractivity contribution in [2.24, 2.45) is 0 Å². The van der Waals surface area contributed by atoms with E-state index in [1.807, 2.05) is 0 Å². The molecule has 0 N–H and O–H groups in total. The summed E-state index contributed by atoms with van der Waals surface area (Å²) in [6, 6.07) is 0. The number of hydrogen-bond donors (Lipinski definition) is 0. The van der Waals surface area contributed by atoms with Gasteiger partial charge in [-0.1, -0.05) is 221 Å². The molecular weight excluding hydrogens is 781 g/mol. The topological polar surface area (TPSA) is 78.9 Å². The van der Waals surface area contributed by atoms with Crippen LogP contribution in [-0.4, -0.2) is 37.2 Å². The highest BCUT2D eigenvalue weighted by molar-refractivity contribution is 5.71. The summed E-state index contributed by atoms with van der Waals surface area (Å²) in [5.74, 6) is -1.01.